The van der Waals surface area contributed by atoms with Crippen LogP contribution in [0.5, 0.6) is 0 Å². The van der Waals surface area contributed by atoms with E-state index in [1.165, 1.54) is 0 Å². The van der Waals surface area contributed by atoms with Crippen LogP contribution in [0.2, 0.25) is 0 Å². The molecule has 3 unspecified atom stereocenters. The number of hydrogen-bond donors (Lipinski definition) is 3. The molecule has 1 amide bonds. The van der Waals surface area contributed by atoms with Crippen LogP contribution < -0.4 is 11.1 Å². The fraction of sp³-hybridized carbons (Fsp3) is 0.450. The van der Waals surface area contributed by atoms with Gasteiger partial charge in [0.25, 0.3) is 0 Å². The van der Waals surface area contributed by atoms with Crippen molar-refractivity contribution in [3.63, 3.8) is 0 Å². The average Bonchev–Trinajstić information content (AvgIpc) is 3.16. The van der Waals surface area contributed by atoms with Gasteiger partial charge in [0.1, 0.15) is 0 Å². The summed E-state index contributed by atoms with van der Waals surface area (Å²) in [6.07, 6.45) is 0.161. The van der Waals surface area contributed by atoms with Gasteiger partial charge < -0.3 is 21.1 Å². The van der Waals surface area contributed by atoms with Crippen molar-refractivity contribution >= 4 is 29.7 Å². The lowest BCUT2D eigenvalue weighted by Gasteiger charge is -2.49. The van der Waals surface area contributed by atoms with Gasteiger partial charge in [-0.25, -0.2) is 0 Å². The topological polar surface area (TPSA) is 78.6 Å². The van der Waals surface area contributed by atoms with Crippen LogP contribution in [0.3, 0.4) is 0 Å². The normalized spacial score (nSPS) is 23.6. The van der Waals surface area contributed by atoms with Crippen LogP contribution in [0.1, 0.15) is 34.0 Å². The van der Waals surface area contributed by atoms with E-state index in [-0.39, 0.29) is 18.3 Å². The second-order valence-corrected chi connectivity index (χ2v) is 8.14. The third kappa shape index (κ3) is 4.36. The predicted octanol–water partition coefficient (Wildman–Crippen LogP) is 2.41. The first-order valence-corrected chi connectivity index (χ1v) is 9.85. The van der Waals surface area contributed by atoms with E-state index in [4.69, 9.17) is 5.73 Å². The van der Waals surface area contributed by atoms with Crippen molar-refractivity contribution in [2.45, 2.75) is 17.9 Å². The van der Waals surface area contributed by atoms with Gasteiger partial charge in [-0.2, -0.15) is 11.3 Å². The van der Waals surface area contributed by atoms with Crippen LogP contribution in [0.25, 0.3) is 0 Å². The molecule has 0 aliphatic carbocycles. The summed E-state index contributed by atoms with van der Waals surface area (Å²) in [7, 11) is 4.10. The van der Waals surface area contributed by atoms with Crippen LogP contribution in [0.15, 0.2) is 41.1 Å². The number of thiophene rings is 1. The Morgan fingerprint density at radius 1 is 1.44 bits per heavy atom. The lowest BCUT2D eigenvalue weighted by Crippen LogP contribution is -2.54. The quantitative estimate of drug-likeness (QED) is 0.684. The second-order valence-electron chi connectivity index (χ2n) is 7.36. The lowest BCUT2D eigenvalue weighted by atomic mass is 9.61. The molecular weight excluding hydrogens is 382 g/mol. The van der Waals surface area contributed by atoms with Gasteiger partial charge >= 0.3 is 0 Å². The summed E-state index contributed by atoms with van der Waals surface area (Å²) in [5, 5.41) is 19.0. The zero-order valence-electron chi connectivity index (χ0n) is 15.7. The van der Waals surface area contributed by atoms with Crippen molar-refractivity contribution in [1.82, 2.24) is 10.2 Å². The minimum Gasteiger partial charge on any atom is -0.387 e. The van der Waals surface area contributed by atoms with E-state index in [0.717, 1.165) is 37.2 Å². The smallest absolute Gasteiger partial charge is 0.248 e. The average molecular weight is 410 g/mol. The molecule has 0 radical (unpaired) electrons. The third-order valence-electron chi connectivity index (χ3n) is 5.45. The Morgan fingerprint density at radius 2 is 2.22 bits per heavy atom. The van der Waals surface area contributed by atoms with E-state index in [1.54, 1.807) is 17.4 Å². The monoisotopic (exact) mass is 409 g/mol. The molecule has 3 atom stereocenters. The van der Waals surface area contributed by atoms with Gasteiger partial charge in [0, 0.05) is 24.1 Å². The van der Waals surface area contributed by atoms with Gasteiger partial charge in [0.15, 0.2) is 0 Å². The van der Waals surface area contributed by atoms with Crippen molar-refractivity contribution in [3.05, 3.63) is 57.8 Å². The molecule has 3 rings (SSSR count). The highest BCUT2D eigenvalue weighted by atomic mass is 35.5. The number of nitrogens with zero attached hydrogens (tertiary/aromatic N) is 1. The van der Waals surface area contributed by atoms with Crippen molar-refractivity contribution < 1.29 is 9.90 Å². The number of hydrogen-bond acceptors (Lipinski definition) is 5. The number of piperidine rings is 1. The van der Waals surface area contributed by atoms with E-state index < -0.39 is 17.4 Å². The molecular formula is C20H28ClN3O2S. The molecule has 1 aliphatic rings. The SMILES string of the molecule is CN(C)CC1CNCCC1(c1cccc(C(N)=O)c1)C(O)c1ccsc1.Cl. The lowest BCUT2D eigenvalue weighted by molar-refractivity contribution is 0.0103. The number of aliphatic hydroxyl groups excluding tert-OH is 1. The molecule has 0 spiro atoms. The molecule has 0 bridgehead atoms. The Morgan fingerprint density at radius 3 is 2.85 bits per heavy atom. The maximum atomic E-state index is 11.7. The van der Waals surface area contributed by atoms with Crippen LogP contribution in [0.4, 0.5) is 0 Å². The van der Waals surface area contributed by atoms with E-state index in [0.29, 0.717) is 5.56 Å². The number of nitrogens with one attached hydrogen (secondary N) is 1. The van der Waals surface area contributed by atoms with E-state index >= 15 is 0 Å². The highest BCUT2D eigenvalue weighted by molar-refractivity contribution is 7.07. The summed E-state index contributed by atoms with van der Waals surface area (Å²) in [5.41, 5.74) is 7.46. The summed E-state index contributed by atoms with van der Waals surface area (Å²) in [6.45, 7) is 2.49. The maximum absolute atomic E-state index is 11.7. The van der Waals surface area contributed by atoms with Crippen molar-refractivity contribution in [2.75, 3.05) is 33.7 Å². The van der Waals surface area contributed by atoms with Gasteiger partial charge in [-0.15, -0.1) is 12.4 Å². The molecule has 1 aliphatic heterocycles. The summed E-state index contributed by atoms with van der Waals surface area (Å²) in [6, 6.07) is 9.48. The van der Waals surface area contributed by atoms with E-state index in [2.05, 4.69) is 24.3 Å². The molecule has 4 N–H and O–H groups in total. The second kappa shape index (κ2) is 9.17. The third-order valence-corrected chi connectivity index (χ3v) is 6.15. The van der Waals surface area contributed by atoms with Crippen LogP contribution in [-0.2, 0) is 5.41 Å². The van der Waals surface area contributed by atoms with Gasteiger partial charge in [-0.1, -0.05) is 12.1 Å². The first kappa shape index (κ1) is 21.9. The van der Waals surface area contributed by atoms with Gasteiger partial charge in [-0.05, 0) is 73.1 Å². The van der Waals surface area contributed by atoms with Crippen LogP contribution >= 0.6 is 23.7 Å². The standard InChI is InChI=1S/C20H27N3O2S.ClH/c1-23(2)12-17-11-22-8-7-20(17,18(24)15-6-9-26-13-15)16-5-3-4-14(10-16)19(21)25;/h3-6,9-10,13,17-18,22,24H,7-8,11-12H2,1-2H3,(H2,21,25);1H. The van der Waals surface area contributed by atoms with Crippen LogP contribution in [0, 0.1) is 5.92 Å². The number of primary amides is 1. The summed E-state index contributed by atoms with van der Waals surface area (Å²) in [5.74, 6) is -0.241. The summed E-state index contributed by atoms with van der Waals surface area (Å²) < 4.78 is 0. The molecule has 7 heteroatoms. The van der Waals surface area contributed by atoms with Crippen molar-refractivity contribution in [1.29, 1.82) is 0 Å². The molecule has 27 heavy (non-hydrogen) atoms. The molecule has 1 aromatic carbocycles. The van der Waals surface area contributed by atoms with Crippen molar-refractivity contribution in [2.24, 2.45) is 11.7 Å². The maximum Gasteiger partial charge on any atom is 0.248 e. The highest BCUT2D eigenvalue weighted by Gasteiger charge is 2.48. The molecule has 1 saturated heterocycles. The zero-order chi connectivity index (χ0) is 18.7. The summed E-state index contributed by atoms with van der Waals surface area (Å²) >= 11 is 1.59. The number of nitrogens with two attached hydrogens (primary N) is 1. The number of benzene rings is 1. The molecule has 2 aromatic rings. The molecule has 0 saturated carbocycles. The summed E-state index contributed by atoms with van der Waals surface area (Å²) in [4.78, 5) is 13.9. The molecule has 1 aromatic heterocycles. The van der Waals surface area contributed by atoms with E-state index in [9.17, 15) is 9.90 Å². The van der Waals surface area contributed by atoms with E-state index in [1.807, 2.05) is 35.0 Å². The number of amides is 1. The number of carbonyl (C=O) groups excluding carboxylic acids is 1. The first-order valence-electron chi connectivity index (χ1n) is 8.91. The Bertz CT molecular complexity index is 753. The fourth-order valence-corrected chi connectivity index (χ4v) is 4.89. The van der Waals surface area contributed by atoms with Crippen LogP contribution in [-0.4, -0.2) is 49.6 Å². The minimum absolute atomic E-state index is 0. The first-order chi connectivity index (χ1) is 12.4. The van der Waals surface area contributed by atoms with Gasteiger partial charge in [0.2, 0.25) is 5.91 Å². The zero-order valence-corrected chi connectivity index (χ0v) is 17.4. The number of carbonyl (C=O) groups is 1. The minimum atomic E-state index is -0.635. The number of halogens is 1. The Hall–Kier alpha value is -1.44. The predicted molar refractivity (Wildman–Crippen MR) is 113 cm³/mol. The fourth-order valence-electron chi connectivity index (χ4n) is 4.21. The molecule has 5 nitrogen and oxygen atoms in total. The largest absolute Gasteiger partial charge is 0.387 e. The Labute approximate surface area is 171 Å². The van der Waals surface area contributed by atoms with Crippen molar-refractivity contribution in [3.8, 4) is 0 Å². The Balaban J connectivity index is 0.00000261. The highest BCUT2D eigenvalue weighted by Crippen LogP contribution is 2.48. The number of aliphatic hydroxyl groups is 1. The molecule has 148 valence electrons. The molecule has 2 heterocycles. The van der Waals surface area contributed by atoms with Gasteiger partial charge in [0.05, 0.1) is 6.10 Å². The Kier molecular flexibility index (Phi) is 7.42. The van der Waals surface area contributed by atoms with Gasteiger partial charge in [-0.3, -0.25) is 4.79 Å². The number of rotatable bonds is 6. The molecule has 1 fully saturated rings.